The Kier molecular flexibility index (Phi) is 5.85. The highest BCUT2D eigenvalue weighted by molar-refractivity contribution is 6.30. The zero-order valence-corrected chi connectivity index (χ0v) is 15.6. The second kappa shape index (κ2) is 8.49. The van der Waals surface area contributed by atoms with E-state index >= 15 is 0 Å². The maximum atomic E-state index is 13.2. The number of aromatic nitrogens is 3. The summed E-state index contributed by atoms with van der Waals surface area (Å²) in [6.07, 6.45) is 6.11. The Morgan fingerprint density at radius 1 is 1.36 bits per heavy atom. The van der Waals surface area contributed by atoms with Crippen molar-refractivity contribution in [1.82, 2.24) is 20.1 Å². The first-order valence-electron chi connectivity index (χ1n) is 8.19. The van der Waals surface area contributed by atoms with Crippen molar-refractivity contribution in [3.05, 3.63) is 64.8 Å². The standard InChI is InChI=1S/C18H17ClFN7O/c1-27-10-13(8-24-27)25-16-9-22-17(5-12(16)6-21)26-18(28)23-7-11-2-3-15(20)14(19)4-11/h2-6,8-10,21,25H,7H2,1H3,(H2,22,23,26,28). The van der Waals surface area contributed by atoms with Gasteiger partial charge < -0.3 is 16.0 Å². The van der Waals surface area contributed by atoms with Gasteiger partial charge in [0.05, 0.1) is 28.8 Å². The van der Waals surface area contributed by atoms with Crippen molar-refractivity contribution in [3.63, 3.8) is 0 Å². The van der Waals surface area contributed by atoms with Crippen molar-refractivity contribution in [2.75, 3.05) is 10.6 Å². The van der Waals surface area contributed by atoms with Gasteiger partial charge in [0.2, 0.25) is 0 Å². The lowest BCUT2D eigenvalue weighted by Gasteiger charge is -2.11. The van der Waals surface area contributed by atoms with Crippen LogP contribution in [-0.4, -0.2) is 27.0 Å². The fourth-order valence-electron chi connectivity index (χ4n) is 2.40. The number of amides is 2. The normalized spacial score (nSPS) is 10.4. The van der Waals surface area contributed by atoms with Gasteiger partial charge in [-0.2, -0.15) is 5.10 Å². The molecule has 2 heterocycles. The summed E-state index contributed by atoms with van der Waals surface area (Å²) in [5, 5.41) is 20.0. The predicted octanol–water partition coefficient (Wildman–Crippen LogP) is 3.67. The Morgan fingerprint density at radius 3 is 2.86 bits per heavy atom. The van der Waals surface area contributed by atoms with Gasteiger partial charge in [0, 0.05) is 31.6 Å². The van der Waals surface area contributed by atoms with E-state index in [1.807, 2.05) is 0 Å². The smallest absolute Gasteiger partial charge is 0.320 e. The third-order valence-electron chi connectivity index (χ3n) is 3.75. The lowest BCUT2D eigenvalue weighted by atomic mass is 10.2. The zero-order chi connectivity index (χ0) is 20.1. The maximum Gasteiger partial charge on any atom is 0.320 e. The molecule has 0 aliphatic carbocycles. The number of nitrogens with zero attached hydrogens (tertiary/aromatic N) is 3. The summed E-state index contributed by atoms with van der Waals surface area (Å²) in [7, 11) is 1.80. The van der Waals surface area contributed by atoms with Gasteiger partial charge in [-0.3, -0.25) is 10.00 Å². The van der Waals surface area contributed by atoms with E-state index in [4.69, 9.17) is 17.0 Å². The van der Waals surface area contributed by atoms with Crippen LogP contribution in [0.25, 0.3) is 0 Å². The average molecular weight is 402 g/mol. The topological polar surface area (TPSA) is 108 Å². The molecular weight excluding hydrogens is 385 g/mol. The van der Waals surface area contributed by atoms with E-state index in [9.17, 15) is 9.18 Å². The summed E-state index contributed by atoms with van der Waals surface area (Å²) in [6.45, 7) is 0.171. The number of pyridine rings is 1. The van der Waals surface area contributed by atoms with Crippen LogP contribution in [0.15, 0.2) is 42.9 Å². The molecule has 2 aromatic heterocycles. The van der Waals surface area contributed by atoms with Crippen molar-refractivity contribution in [3.8, 4) is 0 Å². The molecule has 3 rings (SSSR count). The van der Waals surface area contributed by atoms with Gasteiger partial charge in [0.15, 0.2) is 0 Å². The fraction of sp³-hybridized carbons (Fsp3) is 0.111. The number of urea groups is 1. The van der Waals surface area contributed by atoms with Crippen LogP contribution in [0, 0.1) is 11.2 Å². The van der Waals surface area contributed by atoms with Crippen molar-refractivity contribution in [2.45, 2.75) is 6.54 Å². The molecule has 0 unspecified atom stereocenters. The molecule has 0 bridgehead atoms. The second-order valence-electron chi connectivity index (χ2n) is 5.88. The minimum absolute atomic E-state index is 0.00583. The van der Waals surface area contributed by atoms with Crippen molar-refractivity contribution in [2.24, 2.45) is 7.05 Å². The van der Waals surface area contributed by atoms with E-state index in [1.54, 1.807) is 30.2 Å². The van der Waals surface area contributed by atoms with E-state index in [0.29, 0.717) is 16.8 Å². The average Bonchev–Trinajstić information content (AvgIpc) is 3.08. The number of hydrogen-bond acceptors (Lipinski definition) is 5. The number of carbonyl (C=O) groups excluding carboxylic acids is 1. The summed E-state index contributed by atoms with van der Waals surface area (Å²) in [4.78, 5) is 16.2. The van der Waals surface area contributed by atoms with Crippen LogP contribution in [0.5, 0.6) is 0 Å². The first kappa shape index (κ1) is 19.3. The van der Waals surface area contributed by atoms with E-state index in [-0.39, 0.29) is 17.4 Å². The number of benzene rings is 1. The van der Waals surface area contributed by atoms with Crippen molar-refractivity contribution in [1.29, 1.82) is 5.41 Å². The Balaban J connectivity index is 1.62. The monoisotopic (exact) mass is 401 g/mol. The largest absolute Gasteiger partial charge is 0.351 e. The molecule has 0 atom stereocenters. The molecule has 0 radical (unpaired) electrons. The number of hydrogen-bond donors (Lipinski definition) is 4. The molecule has 0 saturated carbocycles. The number of aryl methyl sites for hydroxylation is 1. The van der Waals surface area contributed by atoms with Crippen LogP contribution in [0.4, 0.5) is 26.4 Å². The second-order valence-corrected chi connectivity index (χ2v) is 6.29. The van der Waals surface area contributed by atoms with Crippen LogP contribution in [0.2, 0.25) is 5.02 Å². The molecule has 0 fully saturated rings. The molecule has 1 aromatic carbocycles. The van der Waals surface area contributed by atoms with Gasteiger partial charge in [-0.15, -0.1) is 0 Å². The van der Waals surface area contributed by atoms with E-state index in [0.717, 1.165) is 11.9 Å². The molecule has 0 aliphatic rings. The fourth-order valence-corrected chi connectivity index (χ4v) is 2.60. The zero-order valence-electron chi connectivity index (χ0n) is 14.8. The van der Waals surface area contributed by atoms with E-state index < -0.39 is 11.8 Å². The van der Waals surface area contributed by atoms with Crippen LogP contribution in [0.3, 0.4) is 0 Å². The summed E-state index contributed by atoms with van der Waals surface area (Å²) in [5.74, 6) is -0.233. The first-order chi connectivity index (χ1) is 13.4. The minimum atomic E-state index is -0.516. The molecule has 28 heavy (non-hydrogen) atoms. The summed E-state index contributed by atoms with van der Waals surface area (Å²) < 4.78 is 14.8. The molecule has 3 aromatic rings. The van der Waals surface area contributed by atoms with Gasteiger partial charge >= 0.3 is 6.03 Å². The lowest BCUT2D eigenvalue weighted by Crippen LogP contribution is -2.28. The molecule has 144 valence electrons. The SMILES string of the molecule is Cn1cc(Nc2cnc(NC(=O)NCc3ccc(F)c(Cl)c3)cc2C=N)cn1. The number of halogens is 2. The number of rotatable bonds is 6. The predicted molar refractivity (Wildman–Crippen MR) is 106 cm³/mol. The summed E-state index contributed by atoms with van der Waals surface area (Å²) in [6, 6.07) is 5.30. The Labute approximate surface area is 165 Å². The van der Waals surface area contributed by atoms with Gasteiger partial charge in [-0.05, 0) is 23.8 Å². The molecule has 10 heteroatoms. The highest BCUT2D eigenvalue weighted by Gasteiger charge is 2.08. The summed E-state index contributed by atoms with van der Waals surface area (Å²) >= 11 is 5.72. The van der Waals surface area contributed by atoms with E-state index in [1.165, 1.54) is 24.4 Å². The molecule has 8 nitrogen and oxygen atoms in total. The Morgan fingerprint density at radius 2 is 2.18 bits per heavy atom. The highest BCUT2D eigenvalue weighted by Crippen LogP contribution is 2.21. The van der Waals surface area contributed by atoms with E-state index in [2.05, 4.69) is 26.0 Å². The van der Waals surface area contributed by atoms with Crippen LogP contribution in [-0.2, 0) is 13.6 Å². The minimum Gasteiger partial charge on any atom is -0.351 e. The number of anilines is 3. The quantitative estimate of drug-likeness (QED) is 0.472. The molecular formula is C18H17ClFN7O. The van der Waals surface area contributed by atoms with Crippen LogP contribution >= 0.6 is 11.6 Å². The number of carbonyl (C=O) groups is 1. The Hall–Kier alpha value is -3.46. The number of nitrogens with one attached hydrogen (secondary N) is 4. The molecule has 2 amide bonds. The van der Waals surface area contributed by atoms with Crippen molar-refractivity contribution >= 4 is 41.0 Å². The maximum absolute atomic E-state index is 13.2. The Bertz CT molecular complexity index is 1020. The van der Waals surface area contributed by atoms with Gasteiger partial charge in [-0.1, -0.05) is 17.7 Å². The molecule has 4 N–H and O–H groups in total. The van der Waals surface area contributed by atoms with Crippen LogP contribution in [0.1, 0.15) is 11.1 Å². The van der Waals surface area contributed by atoms with Gasteiger partial charge in [0.1, 0.15) is 11.6 Å². The highest BCUT2D eigenvalue weighted by atomic mass is 35.5. The summed E-state index contributed by atoms with van der Waals surface area (Å²) in [5.41, 5.74) is 2.56. The van der Waals surface area contributed by atoms with Crippen LogP contribution < -0.4 is 16.0 Å². The third kappa shape index (κ3) is 4.83. The lowest BCUT2D eigenvalue weighted by molar-refractivity contribution is 0.251. The van der Waals surface area contributed by atoms with Gasteiger partial charge in [0.25, 0.3) is 0 Å². The van der Waals surface area contributed by atoms with Crippen molar-refractivity contribution < 1.29 is 9.18 Å². The first-order valence-corrected chi connectivity index (χ1v) is 8.57. The molecule has 0 saturated heterocycles. The molecule has 0 spiro atoms. The third-order valence-corrected chi connectivity index (χ3v) is 4.04. The van der Waals surface area contributed by atoms with Gasteiger partial charge in [-0.25, -0.2) is 14.2 Å². The molecule has 0 aliphatic heterocycles.